The highest BCUT2D eigenvalue weighted by atomic mass is 19.1. The number of hydrogen-bond acceptors (Lipinski definition) is 2. The zero-order valence-electron chi connectivity index (χ0n) is 11.3. The molecule has 0 aliphatic heterocycles. The Kier molecular flexibility index (Phi) is 4.69. The summed E-state index contributed by atoms with van der Waals surface area (Å²) in [6.07, 6.45) is 0.563. The van der Waals surface area contributed by atoms with E-state index in [-0.39, 0.29) is 24.3 Å². The standard InChI is InChI=1S/C16H17F2NO/c1-11(19)6-12-7-14(17)9-15(8-12)20-10-13-4-2-3-5-16(13)18/h2-5,7-9,11H,6,10,19H2,1H3. The predicted molar refractivity (Wildman–Crippen MR) is 74.5 cm³/mol. The number of ether oxygens (including phenoxy) is 1. The van der Waals surface area contributed by atoms with E-state index in [4.69, 9.17) is 10.5 Å². The number of nitrogens with two attached hydrogens (primary N) is 1. The summed E-state index contributed by atoms with van der Waals surface area (Å²) < 4.78 is 32.4. The average Bonchev–Trinajstić information content (AvgIpc) is 2.36. The molecule has 2 aromatic carbocycles. The molecule has 4 heteroatoms. The first kappa shape index (κ1) is 14.5. The van der Waals surface area contributed by atoms with Crippen LogP contribution in [0.1, 0.15) is 18.1 Å². The number of hydrogen-bond donors (Lipinski definition) is 1. The zero-order valence-corrected chi connectivity index (χ0v) is 11.3. The summed E-state index contributed by atoms with van der Waals surface area (Å²) in [4.78, 5) is 0. The van der Waals surface area contributed by atoms with Crippen molar-refractivity contribution >= 4 is 0 Å². The number of rotatable bonds is 5. The molecule has 0 bridgehead atoms. The molecule has 2 nitrogen and oxygen atoms in total. The third-order valence-corrected chi connectivity index (χ3v) is 2.84. The van der Waals surface area contributed by atoms with E-state index < -0.39 is 0 Å². The van der Waals surface area contributed by atoms with Crippen LogP contribution in [0.5, 0.6) is 5.75 Å². The predicted octanol–water partition coefficient (Wildman–Crippen LogP) is 3.43. The molecule has 0 radical (unpaired) electrons. The van der Waals surface area contributed by atoms with Gasteiger partial charge in [-0.3, -0.25) is 0 Å². The molecule has 0 amide bonds. The van der Waals surface area contributed by atoms with Crippen molar-refractivity contribution in [3.63, 3.8) is 0 Å². The summed E-state index contributed by atoms with van der Waals surface area (Å²) in [5.41, 5.74) is 6.90. The Morgan fingerprint density at radius 2 is 1.90 bits per heavy atom. The first-order valence-corrected chi connectivity index (χ1v) is 6.46. The Morgan fingerprint density at radius 1 is 1.15 bits per heavy atom. The molecule has 0 saturated carbocycles. The smallest absolute Gasteiger partial charge is 0.129 e. The monoisotopic (exact) mass is 277 g/mol. The van der Waals surface area contributed by atoms with E-state index in [9.17, 15) is 8.78 Å². The fourth-order valence-electron chi connectivity index (χ4n) is 1.97. The van der Waals surface area contributed by atoms with Crippen LogP contribution in [0.2, 0.25) is 0 Å². The molecule has 0 saturated heterocycles. The number of benzene rings is 2. The second kappa shape index (κ2) is 6.48. The van der Waals surface area contributed by atoms with Gasteiger partial charge >= 0.3 is 0 Å². The molecule has 2 N–H and O–H groups in total. The van der Waals surface area contributed by atoms with E-state index in [1.807, 2.05) is 6.92 Å². The molecule has 0 fully saturated rings. The summed E-state index contributed by atoms with van der Waals surface area (Å²) in [6, 6.07) is 10.7. The normalized spacial score (nSPS) is 12.2. The van der Waals surface area contributed by atoms with Crippen molar-refractivity contribution in [3.8, 4) is 5.75 Å². The molecule has 106 valence electrons. The fraction of sp³-hybridized carbons (Fsp3) is 0.250. The Morgan fingerprint density at radius 3 is 2.60 bits per heavy atom. The van der Waals surface area contributed by atoms with Crippen molar-refractivity contribution in [3.05, 3.63) is 65.2 Å². The van der Waals surface area contributed by atoms with Crippen LogP contribution in [-0.4, -0.2) is 6.04 Å². The highest BCUT2D eigenvalue weighted by Crippen LogP contribution is 2.19. The van der Waals surface area contributed by atoms with Crippen LogP contribution >= 0.6 is 0 Å². The molecule has 0 aliphatic carbocycles. The van der Waals surface area contributed by atoms with Crippen molar-refractivity contribution < 1.29 is 13.5 Å². The first-order valence-electron chi connectivity index (χ1n) is 6.46. The van der Waals surface area contributed by atoms with E-state index in [1.54, 1.807) is 24.3 Å². The SMILES string of the molecule is CC(N)Cc1cc(F)cc(OCc2ccccc2F)c1. The molecule has 0 aliphatic rings. The fourth-order valence-corrected chi connectivity index (χ4v) is 1.97. The lowest BCUT2D eigenvalue weighted by molar-refractivity contribution is 0.298. The lowest BCUT2D eigenvalue weighted by atomic mass is 10.1. The topological polar surface area (TPSA) is 35.2 Å². The van der Waals surface area contributed by atoms with Crippen LogP contribution in [0.25, 0.3) is 0 Å². The van der Waals surface area contributed by atoms with Gasteiger partial charge in [-0.1, -0.05) is 18.2 Å². The molecule has 2 rings (SSSR count). The maximum Gasteiger partial charge on any atom is 0.129 e. The van der Waals surface area contributed by atoms with Crippen LogP contribution in [0.3, 0.4) is 0 Å². The molecule has 20 heavy (non-hydrogen) atoms. The third kappa shape index (κ3) is 4.03. The van der Waals surface area contributed by atoms with Gasteiger partial charge in [0.05, 0.1) is 0 Å². The third-order valence-electron chi connectivity index (χ3n) is 2.84. The largest absolute Gasteiger partial charge is 0.489 e. The summed E-state index contributed by atoms with van der Waals surface area (Å²) in [6.45, 7) is 1.92. The molecular formula is C16H17F2NO. The molecule has 0 heterocycles. The average molecular weight is 277 g/mol. The lowest BCUT2D eigenvalue weighted by Crippen LogP contribution is -2.17. The minimum atomic E-state index is -0.383. The van der Waals surface area contributed by atoms with Crippen LogP contribution < -0.4 is 10.5 Å². The minimum Gasteiger partial charge on any atom is -0.489 e. The zero-order chi connectivity index (χ0) is 14.5. The van der Waals surface area contributed by atoms with E-state index >= 15 is 0 Å². The van der Waals surface area contributed by atoms with Gasteiger partial charge < -0.3 is 10.5 Å². The van der Waals surface area contributed by atoms with E-state index in [1.165, 1.54) is 18.2 Å². The van der Waals surface area contributed by atoms with Gasteiger partial charge in [-0.05, 0) is 37.1 Å². The Hall–Kier alpha value is -1.94. The molecule has 2 aromatic rings. The summed E-state index contributed by atoms with van der Waals surface area (Å²) in [5, 5.41) is 0. The quantitative estimate of drug-likeness (QED) is 0.908. The van der Waals surface area contributed by atoms with Gasteiger partial charge in [0.25, 0.3) is 0 Å². The molecule has 1 unspecified atom stereocenters. The van der Waals surface area contributed by atoms with E-state index in [2.05, 4.69) is 0 Å². The summed E-state index contributed by atoms with van der Waals surface area (Å²) >= 11 is 0. The van der Waals surface area contributed by atoms with Gasteiger partial charge in [-0.2, -0.15) is 0 Å². The molecular weight excluding hydrogens is 260 g/mol. The van der Waals surface area contributed by atoms with Crippen LogP contribution in [0.4, 0.5) is 8.78 Å². The van der Waals surface area contributed by atoms with E-state index in [0.717, 1.165) is 5.56 Å². The highest BCUT2D eigenvalue weighted by Gasteiger charge is 2.06. The van der Waals surface area contributed by atoms with Gasteiger partial charge in [-0.25, -0.2) is 8.78 Å². The maximum absolute atomic E-state index is 13.5. The second-order valence-electron chi connectivity index (χ2n) is 4.86. The van der Waals surface area contributed by atoms with Crippen molar-refractivity contribution in [2.75, 3.05) is 0 Å². The molecule has 1 atom stereocenters. The minimum absolute atomic E-state index is 0.0591. The van der Waals surface area contributed by atoms with Crippen molar-refractivity contribution in [1.29, 1.82) is 0 Å². The van der Waals surface area contributed by atoms with E-state index in [0.29, 0.717) is 17.7 Å². The molecule has 0 aromatic heterocycles. The van der Waals surface area contributed by atoms with Gasteiger partial charge in [0.15, 0.2) is 0 Å². The van der Waals surface area contributed by atoms with Crippen LogP contribution in [0.15, 0.2) is 42.5 Å². The second-order valence-corrected chi connectivity index (χ2v) is 4.86. The highest BCUT2D eigenvalue weighted by molar-refractivity contribution is 5.30. The Labute approximate surface area is 117 Å². The van der Waals surface area contributed by atoms with Crippen molar-refractivity contribution in [2.24, 2.45) is 5.73 Å². The molecule has 0 spiro atoms. The van der Waals surface area contributed by atoms with Crippen molar-refractivity contribution in [1.82, 2.24) is 0 Å². The maximum atomic E-state index is 13.5. The first-order chi connectivity index (χ1) is 9.54. The Bertz CT molecular complexity index is 584. The lowest BCUT2D eigenvalue weighted by Gasteiger charge is -2.10. The van der Waals surface area contributed by atoms with Crippen molar-refractivity contribution in [2.45, 2.75) is 26.0 Å². The number of halogens is 2. The van der Waals surface area contributed by atoms with Gasteiger partial charge in [-0.15, -0.1) is 0 Å². The van der Waals surface area contributed by atoms with Gasteiger partial charge in [0.2, 0.25) is 0 Å². The summed E-state index contributed by atoms with van der Waals surface area (Å²) in [7, 11) is 0. The van der Waals surface area contributed by atoms with Crippen LogP contribution in [-0.2, 0) is 13.0 Å². The van der Waals surface area contributed by atoms with Gasteiger partial charge in [0, 0.05) is 17.7 Å². The van der Waals surface area contributed by atoms with Crippen LogP contribution in [0, 0.1) is 11.6 Å². The Balaban J connectivity index is 2.09. The summed E-state index contributed by atoms with van der Waals surface area (Å²) in [5.74, 6) is -0.338. The van der Waals surface area contributed by atoms with Gasteiger partial charge in [0.1, 0.15) is 24.0 Å².